The molecule has 0 fully saturated rings. The molecule has 1 aliphatic carbocycles. The van der Waals surface area contributed by atoms with E-state index in [0.717, 1.165) is 11.3 Å². The molecule has 0 saturated carbocycles. The van der Waals surface area contributed by atoms with Crippen LogP contribution in [0.5, 0.6) is 11.5 Å². The van der Waals surface area contributed by atoms with E-state index in [1.807, 2.05) is 68.6 Å². The number of aliphatic hydroxyl groups is 1. The molecule has 1 unspecified atom stereocenters. The van der Waals surface area contributed by atoms with Gasteiger partial charge in [-0.2, -0.15) is 0 Å². The first-order valence-corrected chi connectivity index (χ1v) is 11.3. The van der Waals surface area contributed by atoms with Gasteiger partial charge in [0, 0.05) is 17.7 Å². The molecule has 3 rings (SSSR count). The molecular weight excluding hydrogens is 398 g/mol. The van der Waals surface area contributed by atoms with Crippen LogP contribution in [0.1, 0.15) is 44.6 Å². The second-order valence-corrected chi connectivity index (χ2v) is 7.89. The summed E-state index contributed by atoms with van der Waals surface area (Å²) in [5.41, 5.74) is 1.78. The van der Waals surface area contributed by atoms with Crippen LogP contribution >= 0.6 is 11.8 Å². The molecule has 30 heavy (non-hydrogen) atoms. The lowest BCUT2D eigenvalue weighted by molar-refractivity contribution is -0.116. The number of hydrogen-bond donors (Lipinski definition) is 1. The molecule has 5 nitrogen and oxygen atoms in total. The maximum atomic E-state index is 12.8. The van der Waals surface area contributed by atoms with Crippen LogP contribution in [-0.2, 0) is 9.63 Å². The second kappa shape index (κ2) is 10.3. The Labute approximate surface area is 181 Å². The first-order valence-electron chi connectivity index (χ1n) is 10.1. The first kappa shape index (κ1) is 22.0. The summed E-state index contributed by atoms with van der Waals surface area (Å²) in [6, 6.07) is 15.6. The Morgan fingerprint density at radius 3 is 2.53 bits per heavy atom. The van der Waals surface area contributed by atoms with Crippen LogP contribution in [0, 0.1) is 0 Å². The normalized spacial score (nSPS) is 17.2. The highest BCUT2D eigenvalue weighted by Crippen LogP contribution is 2.36. The third kappa shape index (κ3) is 5.25. The summed E-state index contributed by atoms with van der Waals surface area (Å²) >= 11 is 1.68. The summed E-state index contributed by atoms with van der Waals surface area (Å²) in [5, 5.41) is 14.6. The number of allylic oxidation sites excluding steroid dienone is 2. The molecule has 0 heterocycles. The molecule has 0 saturated heterocycles. The van der Waals surface area contributed by atoms with Crippen LogP contribution in [0.4, 0.5) is 0 Å². The number of Topliss-reactive ketones (excluding diaryl/α,β-unsaturated/α-hetero) is 1. The summed E-state index contributed by atoms with van der Waals surface area (Å²) in [7, 11) is 0. The summed E-state index contributed by atoms with van der Waals surface area (Å²) in [4.78, 5) is 19.1. The monoisotopic (exact) mass is 425 g/mol. The van der Waals surface area contributed by atoms with E-state index in [-0.39, 0.29) is 17.5 Å². The van der Waals surface area contributed by atoms with Crippen molar-refractivity contribution in [3.63, 3.8) is 0 Å². The number of carbonyl (C=O) groups is 1. The van der Waals surface area contributed by atoms with Crippen molar-refractivity contribution >= 4 is 23.3 Å². The maximum Gasteiger partial charge on any atom is 0.168 e. The summed E-state index contributed by atoms with van der Waals surface area (Å²) in [6.07, 6.45) is 3.26. The quantitative estimate of drug-likeness (QED) is 0.307. The molecule has 0 spiro atoms. The Bertz CT molecular complexity index is 950. The highest BCUT2D eigenvalue weighted by molar-refractivity contribution is 7.98. The van der Waals surface area contributed by atoms with Gasteiger partial charge in [0.1, 0.15) is 23.9 Å². The fraction of sp³-hybridized carbons (Fsp3) is 0.333. The number of oxime groups is 1. The van der Waals surface area contributed by atoms with Gasteiger partial charge in [-0.15, -0.1) is 11.8 Å². The maximum absolute atomic E-state index is 12.8. The molecule has 0 amide bonds. The lowest BCUT2D eigenvalue weighted by Crippen LogP contribution is -2.23. The largest absolute Gasteiger partial charge is 0.511 e. The van der Waals surface area contributed by atoms with E-state index in [1.165, 1.54) is 4.90 Å². The third-order valence-corrected chi connectivity index (χ3v) is 5.73. The van der Waals surface area contributed by atoms with Crippen molar-refractivity contribution in [3.05, 3.63) is 65.4 Å². The van der Waals surface area contributed by atoms with Crippen LogP contribution in [0.15, 0.2) is 69.9 Å². The number of thioether (sulfide) groups is 1. The number of carbonyl (C=O) groups excluding carboxylic acids is 1. The van der Waals surface area contributed by atoms with Crippen molar-refractivity contribution in [2.45, 2.75) is 43.9 Å². The van der Waals surface area contributed by atoms with E-state index in [4.69, 9.17) is 9.57 Å². The third-order valence-electron chi connectivity index (χ3n) is 4.99. The zero-order valence-corrected chi connectivity index (χ0v) is 18.4. The van der Waals surface area contributed by atoms with Crippen molar-refractivity contribution < 1.29 is 19.5 Å². The van der Waals surface area contributed by atoms with Crippen LogP contribution in [0.2, 0.25) is 0 Å². The van der Waals surface area contributed by atoms with E-state index in [1.54, 1.807) is 11.8 Å². The van der Waals surface area contributed by atoms with Gasteiger partial charge in [0.05, 0.1) is 11.3 Å². The van der Waals surface area contributed by atoms with E-state index in [9.17, 15) is 9.90 Å². The first-order chi connectivity index (χ1) is 14.5. The Morgan fingerprint density at radius 2 is 1.90 bits per heavy atom. The number of benzene rings is 2. The molecule has 1 atom stereocenters. The van der Waals surface area contributed by atoms with Crippen molar-refractivity contribution in [1.82, 2.24) is 0 Å². The van der Waals surface area contributed by atoms with Gasteiger partial charge < -0.3 is 14.7 Å². The van der Waals surface area contributed by atoms with Gasteiger partial charge in [0.15, 0.2) is 5.78 Å². The lowest BCUT2D eigenvalue weighted by Gasteiger charge is -2.24. The van der Waals surface area contributed by atoms with Crippen molar-refractivity contribution in [1.29, 1.82) is 0 Å². The van der Waals surface area contributed by atoms with Gasteiger partial charge in [-0.25, -0.2) is 0 Å². The average molecular weight is 426 g/mol. The van der Waals surface area contributed by atoms with E-state index < -0.39 is 0 Å². The van der Waals surface area contributed by atoms with Gasteiger partial charge in [-0.1, -0.05) is 24.2 Å². The predicted molar refractivity (Wildman–Crippen MR) is 121 cm³/mol. The number of aliphatic hydroxyl groups excluding tert-OH is 1. The fourth-order valence-corrected chi connectivity index (χ4v) is 3.91. The van der Waals surface area contributed by atoms with E-state index >= 15 is 0 Å². The molecule has 2 aromatic carbocycles. The van der Waals surface area contributed by atoms with Crippen LogP contribution in [-0.4, -0.2) is 29.5 Å². The number of ketones is 1. The zero-order chi connectivity index (χ0) is 21.5. The Morgan fingerprint density at radius 1 is 1.13 bits per heavy atom. The lowest BCUT2D eigenvalue weighted by atomic mass is 9.81. The molecule has 0 aromatic heterocycles. The van der Waals surface area contributed by atoms with Crippen LogP contribution in [0.25, 0.3) is 0 Å². The Balaban J connectivity index is 1.78. The number of nitrogens with zero attached hydrogens (tertiary/aromatic N) is 1. The summed E-state index contributed by atoms with van der Waals surface area (Å²) in [6.45, 7) is 4.14. The molecular formula is C24H27NO4S. The molecule has 1 aliphatic rings. The SMILES string of the molecule is CCON=C(CC)C1=C(O)CC(c2cccc(Oc3ccc(SC)cc3)c2)CC1=O. The highest BCUT2D eigenvalue weighted by atomic mass is 32.2. The average Bonchev–Trinajstić information content (AvgIpc) is 2.76. The fourth-order valence-electron chi connectivity index (χ4n) is 3.50. The molecule has 0 radical (unpaired) electrons. The minimum atomic E-state index is -0.108. The van der Waals surface area contributed by atoms with Crippen LogP contribution in [0.3, 0.4) is 0 Å². The number of ether oxygens (including phenoxy) is 1. The standard InChI is InChI=1S/C24H27NO4S/c1-4-21(25-28-5-2)24-22(26)14-17(15-23(24)27)16-7-6-8-19(13-16)29-18-9-11-20(30-3)12-10-18/h6-13,17,26H,4-5,14-15H2,1-3H3. The van der Waals surface area contributed by atoms with Gasteiger partial charge in [0.25, 0.3) is 0 Å². The van der Waals surface area contributed by atoms with Gasteiger partial charge in [0.2, 0.25) is 0 Å². The highest BCUT2D eigenvalue weighted by Gasteiger charge is 2.31. The van der Waals surface area contributed by atoms with Gasteiger partial charge in [-0.3, -0.25) is 4.79 Å². The van der Waals surface area contributed by atoms with Gasteiger partial charge >= 0.3 is 0 Å². The van der Waals surface area contributed by atoms with Crippen LogP contribution < -0.4 is 4.74 Å². The second-order valence-electron chi connectivity index (χ2n) is 7.01. The van der Waals surface area contributed by atoms with E-state index in [0.29, 0.717) is 42.9 Å². The summed E-state index contributed by atoms with van der Waals surface area (Å²) in [5.74, 6) is 1.33. The van der Waals surface area contributed by atoms with Crippen molar-refractivity contribution in [2.75, 3.05) is 12.9 Å². The van der Waals surface area contributed by atoms with Crippen molar-refractivity contribution in [2.24, 2.45) is 5.16 Å². The minimum Gasteiger partial charge on any atom is -0.511 e. The zero-order valence-electron chi connectivity index (χ0n) is 17.6. The smallest absolute Gasteiger partial charge is 0.168 e. The molecule has 158 valence electrons. The molecule has 0 bridgehead atoms. The number of hydrogen-bond acceptors (Lipinski definition) is 6. The molecule has 6 heteroatoms. The molecule has 0 aliphatic heterocycles. The Hall–Kier alpha value is -2.73. The van der Waals surface area contributed by atoms with E-state index in [2.05, 4.69) is 5.16 Å². The topological polar surface area (TPSA) is 68.1 Å². The summed E-state index contributed by atoms with van der Waals surface area (Å²) < 4.78 is 5.98. The Kier molecular flexibility index (Phi) is 7.57. The molecule has 2 aromatic rings. The molecule has 1 N–H and O–H groups in total. The predicted octanol–water partition coefficient (Wildman–Crippen LogP) is 6.26. The minimum absolute atomic E-state index is 0.0792. The van der Waals surface area contributed by atoms with Gasteiger partial charge in [-0.05, 0) is 67.5 Å². The number of rotatable bonds is 8. The van der Waals surface area contributed by atoms with Crippen molar-refractivity contribution in [3.8, 4) is 11.5 Å².